The number of hydrogen-bond acceptors (Lipinski definition) is 3. The third-order valence-corrected chi connectivity index (χ3v) is 5.91. The van der Waals surface area contributed by atoms with E-state index in [0.717, 1.165) is 12.8 Å². The van der Waals surface area contributed by atoms with Crippen LogP contribution in [0.4, 0.5) is 5.69 Å². The van der Waals surface area contributed by atoms with Gasteiger partial charge in [0.15, 0.2) is 9.84 Å². The van der Waals surface area contributed by atoms with Crippen molar-refractivity contribution in [3.63, 3.8) is 0 Å². The molecule has 0 saturated heterocycles. The van der Waals surface area contributed by atoms with Gasteiger partial charge in [-0.15, -0.1) is 0 Å². The van der Waals surface area contributed by atoms with E-state index in [1.807, 2.05) is 24.3 Å². The van der Waals surface area contributed by atoms with E-state index in [-0.39, 0.29) is 16.2 Å². The van der Waals surface area contributed by atoms with Crippen molar-refractivity contribution in [2.75, 3.05) is 11.1 Å². The summed E-state index contributed by atoms with van der Waals surface area (Å²) in [4.78, 5) is 12.6. The Hall–Kier alpha value is -2.14. The van der Waals surface area contributed by atoms with Gasteiger partial charge in [0.05, 0.1) is 16.2 Å². The van der Waals surface area contributed by atoms with Crippen LogP contribution >= 0.6 is 0 Å². The summed E-state index contributed by atoms with van der Waals surface area (Å²) in [5, 5.41) is 2.79. The number of carbonyl (C=O) groups is 1. The SMILES string of the molecule is CCCCCc1ccc(NC(=O)c2ccccc2S(=O)(=O)CC)cc1. The molecule has 0 heterocycles. The second-order valence-electron chi connectivity index (χ2n) is 6.01. The second-order valence-corrected chi connectivity index (χ2v) is 8.25. The number of rotatable bonds is 8. The molecule has 0 aliphatic heterocycles. The van der Waals surface area contributed by atoms with E-state index < -0.39 is 15.7 Å². The van der Waals surface area contributed by atoms with Gasteiger partial charge in [-0.3, -0.25) is 4.79 Å². The van der Waals surface area contributed by atoms with Gasteiger partial charge in [0.25, 0.3) is 5.91 Å². The van der Waals surface area contributed by atoms with Crippen molar-refractivity contribution in [2.24, 2.45) is 0 Å². The maximum absolute atomic E-state index is 12.5. The third-order valence-electron chi connectivity index (χ3n) is 4.13. The van der Waals surface area contributed by atoms with Gasteiger partial charge in [-0.2, -0.15) is 0 Å². The van der Waals surface area contributed by atoms with Crippen molar-refractivity contribution in [2.45, 2.75) is 44.4 Å². The molecule has 4 nitrogen and oxygen atoms in total. The van der Waals surface area contributed by atoms with Crippen LogP contribution < -0.4 is 5.32 Å². The first-order valence-electron chi connectivity index (χ1n) is 8.70. The fourth-order valence-electron chi connectivity index (χ4n) is 2.61. The van der Waals surface area contributed by atoms with Crippen LogP contribution in [0.1, 0.15) is 49.0 Å². The minimum absolute atomic E-state index is 0.0379. The van der Waals surface area contributed by atoms with Gasteiger partial charge in [0.2, 0.25) is 0 Å². The average Bonchev–Trinajstić information content (AvgIpc) is 2.63. The first kappa shape index (κ1) is 19.2. The number of anilines is 1. The zero-order valence-corrected chi connectivity index (χ0v) is 15.6. The lowest BCUT2D eigenvalue weighted by Gasteiger charge is -2.10. The average molecular weight is 359 g/mol. The Balaban J connectivity index is 2.13. The van der Waals surface area contributed by atoms with E-state index in [9.17, 15) is 13.2 Å². The molecule has 2 rings (SSSR count). The molecule has 0 saturated carbocycles. The molecule has 0 fully saturated rings. The molecule has 1 N–H and O–H groups in total. The molecule has 0 aromatic heterocycles. The molecule has 2 aromatic carbocycles. The Kier molecular flexibility index (Phi) is 6.76. The van der Waals surface area contributed by atoms with Crippen LogP contribution in [0, 0.1) is 0 Å². The van der Waals surface area contributed by atoms with Crippen LogP contribution in [-0.2, 0) is 16.3 Å². The predicted molar refractivity (Wildman–Crippen MR) is 102 cm³/mol. The highest BCUT2D eigenvalue weighted by Gasteiger charge is 2.20. The van der Waals surface area contributed by atoms with E-state index in [0.29, 0.717) is 5.69 Å². The maximum atomic E-state index is 12.5. The summed E-state index contributed by atoms with van der Waals surface area (Å²) in [5.74, 6) is -0.449. The molecule has 0 unspecified atom stereocenters. The monoisotopic (exact) mass is 359 g/mol. The molecule has 1 amide bonds. The smallest absolute Gasteiger partial charge is 0.256 e. The lowest BCUT2D eigenvalue weighted by atomic mass is 10.1. The van der Waals surface area contributed by atoms with Crippen molar-refractivity contribution in [1.82, 2.24) is 0 Å². The molecule has 0 aliphatic carbocycles. The van der Waals surface area contributed by atoms with Gasteiger partial charge in [-0.25, -0.2) is 8.42 Å². The number of carbonyl (C=O) groups excluding carboxylic acids is 1. The molecule has 0 radical (unpaired) electrons. The van der Waals surface area contributed by atoms with Crippen molar-refractivity contribution in [3.05, 3.63) is 59.7 Å². The summed E-state index contributed by atoms with van der Waals surface area (Å²) in [7, 11) is -3.45. The number of amides is 1. The number of nitrogens with one attached hydrogen (secondary N) is 1. The number of unbranched alkanes of at least 4 members (excludes halogenated alkanes) is 2. The van der Waals surface area contributed by atoms with Crippen LogP contribution in [0.2, 0.25) is 0 Å². The summed E-state index contributed by atoms with van der Waals surface area (Å²) in [6.07, 6.45) is 4.58. The summed E-state index contributed by atoms with van der Waals surface area (Å²) in [6.45, 7) is 3.75. The van der Waals surface area contributed by atoms with Crippen molar-refractivity contribution in [1.29, 1.82) is 0 Å². The molecule has 25 heavy (non-hydrogen) atoms. The highest BCUT2D eigenvalue weighted by Crippen LogP contribution is 2.19. The fourth-order valence-corrected chi connectivity index (χ4v) is 3.71. The normalized spacial score (nSPS) is 11.3. The summed E-state index contributed by atoms with van der Waals surface area (Å²) >= 11 is 0. The fraction of sp³-hybridized carbons (Fsp3) is 0.350. The molecule has 0 spiro atoms. The first-order valence-corrected chi connectivity index (χ1v) is 10.3. The molecule has 0 atom stereocenters. The highest BCUT2D eigenvalue weighted by atomic mass is 32.2. The number of aryl methyl sites for hydroxylation is 1. The second kappa shape index (κ2) is 8.81. The van der Waals surface area contributed by atoms with E-state index in [4.69, 9.17) is 0 Å². The van der Waals surface area contributed by atoms with E-state index in [1.165, 1.54) is 30.5 Å². The molecule has 134 valence electrons. The van der Waals surface area contributed by atoms with Gasteiger partial charge < -0.3 is 5.32 Å². The molecular weight excluding hydrogens is 334 g/mol. The van der Waals surface area contributed by atoms with Gasteiger partial charge >= 0.3 is 0 Å². The molecule has 0 bridgehead atoms. The van der Waals surface area contributed by atoms with E-state index in [1.54, 1.807) is 19.1 Å². The number of sulfone groups is 1. The van der Waals surface area contributed by atoms with Gasteiger partial charge in [0, 0.05) is 5.69 Å². The maximum Gasteiger partial charge on any atom is 0.256 e. The summed E-state index contributed by atoms with van der Waals surface area (Å²) < 4.78 is 24.3. The zero-order valence-electron chi connectivity index (χ0n) is 14.8. The van der Waals surface area contributed by atoms with Crippen molar-refractivity contribution >= 4 is 21.4 Å². The van der Waals surface area contributed by atoms with Crippen LogP contribution in [-0.4, -0.2) is 20.1 Å². The minimum atomic E-state index is -3.45. The third kappa shape index (κ3) is 5.16. The predicted octanol–water partition coefficient (Wildman–Crippen LogP) is 4.47. The standard InChI is InChI=1S/C20H25NO3S/c1-3-5-6-9-16-12-14-17(15-13-16)21-20(22)18-10-7-8-11-19(18)25(23,24)4-2/h7-8,10-15H,3-6,9H2,1-2H3,(H,21,22). The van der Waals surface area contributed by atoms with Crippen molar-refractivity contribution < 1.29 is 13.2 Å². The van der Waals surface area contributed by atoms with Crippen LogP contribution in [0.3, 0.4) is 0 Å². The van der Waals surface area contributed by atoms with Crippen LogP contribution in [0.15, 0.2) is 53.4 Å². The van der Waals surface area contributed by atoms with Crippen LogP contribution in [0.5, 0.6) is 0 Å². The Morgan fingerprint density at radius 3 is 2.28 bits per heavy atom. The van der Waals surface area contributed by atoms with E-state index >= 15 is 0 Å². The topological polar surface area (TPSA) is 63.2 Å². The molecular formula is C20H25NO3S. The largest absolute Gasteiger partial charge is 0.322 e. The van der Waals surface area contributed by atoms with Gasteiger partial charge in [-0.1, -0.05) is 51.0 Å². The minimum Gasteiger partial charge on any atom is -0.322 e. The molecule has 5 heteroatoms. The summed E-state index contributed by atoms with van der Waals surface area (Å²) in [6, 6.07) is 14.0. The quantitative estimate of drug-likeness (QED) is 0.708. The number of benzene rings is 2. The summed E-state index contributed by atoms with van der Waals surface area (Å²) in [5.41, 5.74) is 2.07. The Morgan fingerprint density at radius 1 is 0.960 bits per heavy atom. The number of hydrogen-bond donors (Lipinski definition) is 1. The Bertz CT molecular complexity index is 811. The van der Waals surface area contributed by atoms with Crippen LogP contribution in [0.25, 0.3) is 0 Å². The van der Waals surface area contributed by atoms with Crippen molar-refractivity contribution in [3.8, 4) is 0 Å². The van der Waals surface area contributed by atoms with Gasteiger partial charge in [0.1, 0.15) is 0 Å². The van der Waals surface area contributed by atoms with E-state index in [2.05, 4.69) is 12.2 Å². The lowest BCUT2D eigenvalue weighted by Crippen LogP contribution is -2.17. The lowest BCUT2D eigenvalue weighted by molar-refractivity contribution is 0.102. The molecule has 0 aliphatic rings. The first-order chi connectivity index (χ1) is 12.0. The Morgan fingerprint density at radius 2 is 1.64 bits per heavy atom. The van der Waals surface area contributed by atoms with Gasteiger partial charge in [-0.05, 0) is 42.7 Å². The zero-order chi connectivity index (χ0) is 18.3. The molecule has 2 aromatic rings. The Labute approximate surface area is 150 Å². The highest BCUT2D eigenvalue weighted by molar-refractivity contribution is 7.91.